The van der Waals surface area contributed by atoms with E-state index in [-0.39, 0.29) is 26.1 Å². The van der Waals surface area contributed by atoms with Gasteiger partial charge in [-0.3, -0.25) is 18.6 Å². The van der Waals surface area contributed by atoms with E-state index in [1.165, 1.54) is 0 Å². The number of ether oxygens (including phenoxy) is 2. The Balaban J connectivity index is 4.31. The number of unbranched alkanes of at least 4 members (excludes halogenated alkanes) is 4. The van der Waals surface area contributed by atoms with Gasteiger partial charge in [-0.05, 0) is 6.42 Å². The molecule has 0 aromatic heterocycles. The first kappa shape index (κ1) is 25.0. The maximum atomic E-state index is 11.7. The zero-order chi connectivity index (χ0) is 19.8. The van der Waals surface area contributed by atoms with E-state index >= 15 is 0 Å². The predicted octanol–water partition coefficient (Wildman–Crippen LogP) is 2.34. The van der Waals surface area contributed by atoms with Gasteiger partial charge in [0.1, 0.15) is 6.61 Å². The van der Waals surface area contributed by atoms with Crippen LogP contribution in [0.25, 0.3) is 0 Å². The van der Waals surface area contributed by atoms with Crippen LogP contribution in [0.15, 0.2) is 0 Å². The number of rotatable bonds is 16. The second-order valence-electron chi connectivity index (χ2n) is 5.63. The minimum atomic E-state index is -4.38. The highest BCUT2D eigenvalue weighted by Gasteiger charge is 2.25. The Bertz CT molecular complexity index is 441. The van der Waals surface area contributed by atoms with Gasteiger partial charge in [0.15, 0.2) is 6.10 Å². The molecule has 2 N–H and O–H groups in total. The molecule has 1 unspecified atom stereocenters. The van der Waals surface area contributed by atoms with E-state index in [2.05, 4.69) is 11.4 Å². The molecule has 0 fully saturated rings. The number of phosphoric ester groups is 1. The minimum absolute atomic E-state index is 0.0969. The van der Waals surface area contributed by atoms with Gasteiger partial charge < -0.3 is 19.5 Å². The molecule has 0 aromatic rings. The van der Waals surface area contributed by atoms with Crippen molar-refractivity contribution in [2.45, 2.75) is 64.9 Å². The summed E-state index contributed by atoms with van der Waals surface area (Å²) in [6.45, 7) is 2.12. The maximum absolute atomic E-state index is 11.7. The summed E-state index contributed by atoms with van der Waals surface area (Å²) in [7, 11) is -4.38. The second-order valence-corrected chi connectivity index (χ2v) is 7.09. The maximum Gasteiger partial charge on any atom is 0.472 e. The molecule has 0 heterocycles. The molecule has 0 rings (SSSR count). The third kappa shape index (κ3) is 14.2. The van der Waals surface area contributed by atoms with Crippen molar-refractivity contribution in [1.82, 2.24) is 0 Å². The number of carbonyl (C=O) groups is 2. The Morgan fingerprint density at radius 3 is 2.31 bits per heavy atom. The van der Waals surface area contributed by atoms with Crippen LogP contribution >= 0.6 is 7.82 Å². The third-order valence-corrected chi connectivity index (χ3v) is 4.25. The highest BCUT2D eigenvalue weighted by atomic mass is 31.2. The molecule has 0 saturated carbocycles. The molecule has 9 nitrogen and oxygen atoms in total. The van der Waals surface area contributed by atoms with Crippen molar-refractivity contribution in [3.8, 4) is 0 Å². The van der Waals surface area contributed by atoms with Gasteiger partial charge >= 0.3 is 19.8 Å². The lowest BCUT2D eigenvalue weighted by molar-refractivity contribution is -0.161. The molecule has 0 aliphatic heterocycles. The lowest BCUT2D eigenvalue weighted by Crippen LogP contribution is -2.29. The van der Waals surface area contributed by atoms with Gasteiger partial charge in [-0.15, -0.1) is 0 Å². The fourth-order valence-electron chi connectivity index (χ4n) is 1.89. The van der Waals surface area contributed by atoms with Crippen LogP contribution in [-0.2, 0) is 32.7 Å². The molecular formula is C16H31O9P. The SMILES string of the molecule is CCCCCCCC(=O)OC[C@H](COP(=O)(O)OCCO)OC(=O)CC. The summed E-state index contributed by atoms with van der Waals surface area (Å²) in [5, 5.41) is 8.58. The first-order valence-electron chi connectivity index (χ1n) is 8.92. The van der Waals surface area contributed by atoms with E-state index in [9.17, 15) is 19.0 Å². The topological polar surface area (TPSA) is 129 Å². The van der Waals surface area contributed by atoms with Gasteiger partial charge in [-0.2, -0.15) is 0 Å². The van der Waals surface area contributed by atoms with E-state index in [1.807, 2.05) is 0 Å². The van der Waals surface area contributed by atoms with Crippen LogP contribution in [-0.4, -0.2) is 54.5 Å². The lowest BCUT2D eigenvalue weighted by Gasteiger charge is -2.19. The largest absolute Gasteiger partial charge is 0.472 e. The fourth-order valence-corrected chi connectivity index (χ4v) is 2.63. The summed E-state index contributed by atoms with van der Waals surface area (Å²) in [5.74, 6) is -0.985. The number of hydrogen-bond donors (Lipinski definition) is 2. The van der Waals surface area contributed by atoms with Crippen LogP contribution in [0, 0.1) is 0 Å². The molecule has 0 aromatic carbocycles. The number of aliphatic hydroxyl groups excluding tert-OH is 1. The van der Waals surface area contributed by atoms with Crippen molar-refractivity contribution in [2.75, 3.05) is 26.4 Å². The smallest absolute Gasteiger partial charge is 0.462 e. The quantitative estimate of drug-likeness (QED) is 0.229. The summed E-state index contributed by atoms with van der Waals surface area (Å²) >= 11 is 0. The van der Waals surface area contributed by atoms with Crippen LogP contribution in [0.1, 0.15) is 58.8 Å². The molecule has 0 radical (unpaired) electrons. The average Bonchev–Trinajstić information content (AvgIpc) is 2.61. The molecular weight excluding hydrogens is 367 g/mol. The highest BCUT2D eigenvalue weighted by Crippen LogP contribution is 2.43. The van der Waals surface area contributed by atoms with Gasteiger partial charge in [-0.1, -0.05) is 39.5 Å². The van der Waals surface area contributed by atoms with Crippen molar-refractivity contribution in [1.29, 1.82) is 0 Å². The van der Waals surface area contributed by atoms with Crippen molar-refractivity contribution in [3.63, 3.8) is 0 Å². The monoisotopic (exact) mass is 398 g/mol. The van der Waals surface area contributed by atoms with Crippen LogP contribution in [0.4, 0.5) is 0 Å². The van der Waals surface area contributed by atoms with Crippen molar-refractivity contribution >= 4 is 19.8 Å². The van der Waals surface area contributed by atoms with E-state index < -0.39 is 39.1 Å². The summed E-state index contributed by atoms with van der Waals surface area (Å²) in [4.78, 5) is 32.5. The van der Waals surface area contributed by atoms with Gasteiger partial charge in [0, 0.05) is 12.8 Å². The normalized spacial score (nSPS) is 14.5. The lowest BCUT2D eigenvalue weighted by atomic mass is 10.1. The molecule has 0 spiro atoms. The minimum Gasteiger partial charge on any atom is -0.462 e. The molecule has 26 heavy (non-hydrogen) atoms. The van der Waals surface area contributed by atoms with E-state index in [4.69, 9.17) is 19.1 Å². The van der Waals surface area contributed by atoms with Crippen molar-refractivity contribution < 1.29 is 42.7 Å². The molecule has 0 amide bonds. The molecule has 2 atom stereocenters. The fraction of sp³-hybridized carbons (Fsp3) is 0.875. The van der Waals surface area contributed by atoms with Crippen LogP contribution in [0.2, 0.25) is 0 Å². The van der Waals surface area contributed by atoms with Gasteiger partial charge in [-0.25, -0.2) is 4.57 Å². The Labute approximate surface area is 154 Å². The van der Waals surface area contributed by atoms with Crippen LogP contribution in [0.5, 0.6) is 0 Å². The molecule has 154 valence electrons. The zero-order valence-corrected chi connectivity index (χ0v) is 16.4. The molecule has 10 heteroatoms. The number of phosphoric acid groups is 1. The highest BCUT2D eigenvalue weighted by molar-refractivity contribution is 7.47. The molecule has 0 aliphatic rings. The number of carbonyl (C=O) groups excluding carboxylic acids is 2. The van der Waals surface area contributed by atoms with E-state index in [0.717, 1.165) is 32.1 Å². The summed E-state index contributed by atoms with van der Waals surface area (Å²) in [6, 6.07) is 0. The molecule has 0 saturated heterocycles. The standard InChI is InChI=1S/C16H31O9P/c1-3-5-6-7-8-9-16(19)22-12-14(25-15(18)4-2)13-24-26(20,21)23-11-10-17/h14,17H,3-13H2,1-2H3,(H,20,21)/t14-/m1/s1. The first-order valence-corrected chi connectivity index (χ1v) is 10.4. The number of esters is 2. The molecule has 0 aliphatic carbocycles. The Morgan fingerprint density at radius 2 is 1.69 bits per heavy atom. The zero-order valence-electron chi connectivity index (χ0n) is 15.6. The van der Waals surface area contributed by atoms with Gasteiger partial charge in [0.2, 0.25) is 0 Å². The Morgan fingerprint density at radius 1 is 1.00 bits per heavy atom. The average molecular weight is 398 g/mol. The van der Waals surface area contributed by atoms with Gasteiger partial charge in [0.05, 0.1) is 19.8 Å². The number of aliphatic hydroxyl groups is 1. The van der Waals surface area contributed by atoms with E-state index in [0.29, 0.717) is 0 Å². The summed E-state index contributed by atoms with van der Waals surface area (Å²) < 4.78 is 30.8. The van der Waals surface area contributed by atoms with Crippen LogP contribution < -0.4 is 0 Å². The van der Waals surface area contributed by atoms with Crippen LogP contribution in [0.3, 0.4) is 0 Å². The second kappa shape index (κ2) is 15.1. The van der Waals surface area contributed by atoms with Gasteiger partial charge in [0.25, 0.3) is 0 Å². The third-order valence-electron chi connectivity index (χ3n) is 3.27. The summed E-state index contributed by atoms with van der Waals surface area (Å²) in [6.07, 6.45) is 4.30. The Hall–Kier alpha value is -0.990. The first-order chi connectivity index (χ1) is 12.3. The van der Waals surface area contributed by atoms with E-state index in [1.54, 1.807) is 6.92 Å². The molecule has 0 bridgehead atoms. The Kier molecular flexibility index (Phi) is 14.5. The van der Waals surface area contributed by atoms with Crippen molar-refractivity contribution in [3.05, 3.63) is 0 Å². The number of hydrogen-bond acceptors (Lipinski definition) is 8. The predicted molar refractivity (Wildman–Crippen MR) is 93.3 cm³/mol. The summed E-state index contributed by atoms with van der Waals surface area (Å²) in [5.41, 5.74) is 0. The van der Waals surface area contributed by atoms with Crippen molar-refractivity contribution in [2.24, 2.45) is 0 Å².